The van der Waals surface area contributed by atoms with Crippen LogP contribution in [0.2, 0.25) is 0 Å². The molecule has 1 N–H and O–H groups in total. The topological polar surface area (TPSA) is 72.0 Å². The first-order chi connectivity index (χ1) is 22.3. The van der Waals surface area contributed by atoms with Crippen molar-refractivity contribution in [2.45, 2.75) is 0 Å². The predicted molar refractivity (Wildman–Crippen MR) is 184 cm³/mol. The first-order valence-electron chi connectivity index (χ1n) is 15.0. The minimum atomic E-state index is 0.624. The van der Waals surface area contributed by atoms with Gasteiger partial charge in [0.1, 0.15) is 22.3 Å². The lowest BCUT2D eigenvalue weighted by atomic mass is 10.1. The van der Waals surface area contributed by atoms with Crippen molar-refractivity contribution < 1.29 is 4.42 Å². The van der Waals surface area contributed by atoms with Gasteiger partial charge in [0.05, 0.1) is 27.6 Å². The van der Waals surface area contributed by atoms with Gasteiger partial charge in [-0.3, -0.25) is 4.40 Å². The molecule has 5 aromatic carbocycles. The second kappa shape index (κ2) is 8.21. The fraction of sp³-hybridized carbons (Fsp3) is 0. The van der Waals surface area contributed by atoms with E-state index in [1.165, 1.54) is 16.2 Å². The number of nitrogens with zero attached hydrogens (tertiary/aromatic N) is 4. The number of aromatic amines is 1. The molecule has 208 valence electrons. The fourth-order valence-corrected chi connectivity index (χ4v) is 7.32. The van der Waals surface area contributed by atoms with E-state index in [9.17, 15) is 0 Å². The molecule has 0 radical (unpaired) electrons. The Balaban J connectivity index is 1.51. The molecule has 45 heavy (non-hydrogen) atoms. The summed E-state index contributed by atoms with van der Waals surface area (Å²) in [5.74, 6) is 0. The number of hydrogen-bond donors (Lipinski definition) is 1. The minimum absolute atomic E-state index is 0.624. The van der Waals surface area contributed by atoms with Crippen LogP contribution in [0.1, 0.15) is 0 Å². The maximum atomic E-state index is 6.46. The summed E-state index contributed by atoms with van der Waals surface area (Å²) in [5, 5.41) is 8.83. The summed E-state index contributed by atoms with van der Waals surface area (Å²) in [6.45, 7) is 0. The molecule has 6 heterocycles. The SMILES string of the molecule is c1ccc2c(c1)oc1c3nc(nc21)c1cccc2c4cccc(c5ccc6c7ccccc7n(c7cccc3n7)c6c5)c4[nH]c12. The van der Waals surface area contributed by atoms with Crippen LogP contribution in [0, 0.1) is 0 Å². The van der Waals surface area contributed by atoms with Crippen LogP contribution >= 0.6 is 0 Å². The molecule has 6 aromatic heterocycles. The molecule has 0 saturated heterocycles. The molecule has 0 fully saturated rings. The van der Waals surface area contributed by atoms with Gasteiger partial charge in [0.25, 0.3) is 0 Å². The van der Waals surface area contributed by atoms with Crippen molar-refractivity contribution in [3.63, 3.8) is 0 Å². The Morgan fingerprint density at radius 1 is 0.511 bits per heavy atom. The van der Waals surface area contributed by atoms with Crippen LogP contribution in [0.5, 0.6) is 0 Å². The highest BCUT2D eigenvalue weighted by Crippen LogP contribution is 2.37. The Kier molecular flexibility index (Phi) is 4.24. The van der Waals surface area contributed by atoms with Gasteiger partial charge in [0.2, 0.25) is 0 Å². The van der Waals surface area contributed by atoms with Gasteiger partial charge in [-0.1, -0.05) is 78.9 Å². The van der Waals surface area contributed by atoms with E-state index in [0.29, 0.717) is 16.7 Å². The lowest BCUT2D eigenvalue weighted by Gasteiger charge is -2.02. The summed E-state index contributed by atoms with van der Waals surface area (Å²) in [7, 11) is 0. The summed E-state index contributed by atoms with van der Waals surface area (Å²) >= 11 is 0. The molecule has 6 heteroatoms. The van der Waals surface area contributed by atoms with E-state index in [1.54, 1.807) is 0 Å². The maximum absolute atomic E-state index is 6.46. The number of furan rings is 1. The number of fused-ring (bicyclic) bond motifs is 17. The third-order valence-electron chi connectivity index (χ3n) is 9.32. The van der Waals surface area contributed by atoms with Crippen LogP contribution in [-0.2, 0) is 0 Å². The Labute approximate surface area is 253 Å². The van der Waals surface area contributed by atoms with Gasteiger partial charge in [-0.25, -0.2) is 15.0 Å². The van der Waals surface area contributed by atoms with Crippen LogP contribution in [0.25, 0.3) is 104 Å². The molecule has 0 atom stereocenters. The van der Waals surface area contributed by atoms with Crippen molar-refractivity contribution in [1.82, 2.24) is 24.3 Å². The maximum Gasteiger partial charge on any atom is 0.181 e. The largest absolute Gasteiger partial charge is 0.452 e. The first-order valence-corrected chi connectivity index (χ1v) is 15.0. The Morgan fingerprint density at radius 3 is 2.11 bits per heavy atom. The number of para-hydroxylation sites is 4. The van der Waals surface area contributed by atoms with Gasteiger partial charge in [-0.2, -0.15) is 0 Å². The molecule has 0 aliphatic rings. The van der Waals surface area contributed by atoms with Crippen molar-refractivity contribution in [2.75, 3.05) is 0 Å². The van der Waals surface area contributed by atoms with Crippen LogP contribution in [-0.4, -0.2) is 24.3 Å². The lowest BCUT2D eigenvalue weighted by Crippen LogP contribution is -1.90. The van der Waals surface area contributed by atoms with E-state index in [2.05, 4.69) is 106 Å². The molecule has 11 rings (SSSR count). The molecule has 0 amide bonds. The minimum Gasteiger partial charge on any atom is -0.452 e. The summed E-state index contributed by atoms with van der Waals surface area (Å²) < 4.78 is 8.72. The molecule has 11 aromatic rings. The van der Waals surface area contributed by atoms with Crippen molar-refractivity contribution in [3.8, 4) is 0 Å². The Hall–Kier alpha value is -6.27. The van der Waals surface area contributed by atoms with Crippen LogP contribution in [0.4, 0.5) is 0 Å². The van der Waals surface area contributed by atoms with Gasteiger partial charge in [0.15, 0.2) is 11.2 Å². The molecule has 0 aliphatic carbocycles. The number of H-pyrrole nitrogens is 1. The zero-order valence-electron chi connectivity index (χ0n) is 23.7. The number of pyridine rings is 1. The van der Waals surface area contributed by atoms with E-state index in [0.717, 1.165) is 71.3 Å². The normalized spacial score (nSPS) is 12.4. The zero-order chi connectivity index (χ0) is 29.2. The second-order valence-corrected chi connectivity index (χ2v) is 11.7. The molecule has 0 unspecified atom stereocenters. The first kappa shape index (κ1) is 23.2. The Morgan fingerprint density at radius 2 is 1.20 bits per heavy atom. The highest BCUT2D eigenvalue weighted by atomic mass is 16.3. The number of aromatic nitrogens is 5. The van der Waals surface area contributed by atoms with Crippen molar-refractivity contribution in [3.05, 3.63) is 121 Å². The van der Waals surface area contributed by atoms with Crippen molar-refractivity contribution in [2.24, 2.45) is 0 Å². The highest BCUT2D eigenvalue weighted by molar-refractivity contribution is 6.22. The van der Waals surface area contributed by atoms with Gasteiger partial charge in [0, 0.05) is 37.7 Å². The third kappa shape index (κ3) is 3.00. The fourth-order valence-electron chi connectivity index (χ4n) is 7.32. The van der Waals surface area contributed by atoms with Gasteiger partial charge >= 0.3 is 0 Å². The smallest absolute Gasteiger partial charge is 0.181 e. The summed E-state index contributed by atoms with van der Waals surface area (Å²) in [4.78, 5) is 19.5. The van der Waals surface area contributed by atoms with Crippen LogP contribution in [0.15, 0.2) is 126 Å². The molecule has 0 spiro atoms. The van der Waals surface area contributed by atoms with Gasteiger partial charge in [-0.15, -0.1) is 0 Å². The van der Waals surface area contributed by atoms with E-state index in [4.69, 9.17) is 19.4 Å². The average molecular weight is 576 g/mol. The standard InChI is InChI=1S/C39H21N5O/c1-3-15-30-23(8-1)24-19-18-21-20-31(24)44(30)33-17-7-14-29(40-33)37-38-36(27-9-2-4-16-32(27)45-38)42-39(43-37)28-13-6-12-26-25-11-5-10-22(21)34(25)41-35(26)28/h1-20,41H. The van der Waals surface area contributed by atoms with Crippen molar-refractivity contribution in [1.29, 1.82) is 0 Å². The number of hydrogen-bond acceptors (Lipinski definition) is 4. The quantitative estimate of drug-likeness (QED) is 0.195. The summed E-state index contributed by atoms with van der Waals surface area (Å²) in [5.41, 5.74) is 9.30. The van der Waals surface area contributed by atoms with Crippen LogP contribution in [0.3, 0.4) is 0 Å². The molecule has 0 saturated carbocycles. The summed E-state index contributed by atoms with van der Waals surface area (Å²) in [6, 6.07) is 42.3. The molecule has 0 aliphatic heterocycles. The predicted octanol–water partition coefficient (Wildman–Crippen LogP) is 9.99. The van der Waals surface area contributed by atoms with E-state index in [-0.39, 0.29) is 0 Å². The van der Waals surface area contributed by atoms with Crippen LogP contribution < -0.4 is 0 Å². The summed E-state index contributed by atoms with van der Waals surface area (Å²) in [6.07, 6.45) is 0. The molecular weight excluding hydrogens is 554 g/mol. The number of benzene rings is 5. The van der Waals surface area contributed by atoms with Gasteiger partial charge < -0.3 is 9.40 Å². The molecule has 8 bridgehead atoms. The number of nitrogens with one attached hydrogen (secondary N) is 1. The third-order valence-corrected chi connectivity index (χ3v) is 9.32. The van der Waals surface area contributed by atoms with Crippen molar-refractivity contribution >= 4 is 104 Å². The average Bonchev–Trinajstić information content (AvgIpc) is 3.77. The van der Waals surface area contributed by atoms with E-state index in [1.807, 2.05) is 24.3 Å². The number of rotatable bonds is 0. The van der Waals surface area contributed by atoms with E-state index < -0.39 is 0 Å². The Bertz CT molecular complexity index is 3110. The molecule has 6 nitrogen and oxygen atoms in total. The lowest BCUT2D eigenvalue weighted by molar-refractivity contribution is 0.671. The zero-order valence-corrected chi connectivity index (χ0v) is 23.7. The highest BCUT2D eigenvalue weighted by Gasteiger charge is 2.17. The van der Waals surface area contributed by atoms with E-state index >= 15 is 0 Å². The van der Waals surface area contributed by atoms with Gasteiger partial charge in [-0.05, 0) is 47.9 Å². The second-order valence-electron chi connectivity index (χ2n) is 11.7. The molecular formula is C39H21N5O. The monoisotopic (exact) mass is 575 g/mol.